The van der Waals surface area contributed by atoms with Gasteiger partial charge in [-0.25, -0.2) is 0 Å². The van der Waals surface area contributed by atoms with E-state index in [9.17, 15) is 14.7 Å². The van der Waals surface area contributed by atoms with E-state index < -0.39 is 11.8 Å². The lowest BCUT2D eigenvalue weighted by molar-refractivity contribution is -0.138. The van der Waals surface area contributed by atoms with Crippen molar-refractivity contribution in [2.45, 2.75) is 57.8 Å². The first-order valence-electron chi connectivity index (χ1n) is 10.5. The molecule has 29 heavy (non-hydrogen) atoms. The van der Waals surface area contributed by atoms with Gasteiger partial charge in [0.05, 0.1) is 6.61 Å². The van der Waals surface area contributed by atoms with Crippen LogP contribution in [0.3, 0.4) is 0 Å². The number of unbranched alkanes of at least 4 members (excludes halogenated alkanes) is 7. The standard InChI is InChI=1S/C23H38N2O4/c1-3-4-14-17-21(20-26)29-19-16-13-11-9-7-5-6-8-10-12-15-18-25-23(28)22(27)24-2/h3-4,6,8,14,17,26H,1,5,7,9-13,15-16,18-20H2,2H3,(H,24,27)(H,25,28)/b8-6-,14-4-,21-17+. The third-order valence-electron chi connectivity index (χ3n) is 4.17. The average Bonchev–Trinajstić information content (AvgIpc) is 2.74. The van der Waals surface area contributed by atoms with Crippen LogP contribution in [0.25, 0.3) is 0 Å². The molecule has 0 unspecified atom stereocenters. The Morgan fingerprint density at radius 2 is 1.59 bits per heavy atom. The number of nitrogens with one attached hydrogen (secondary N) is 2. The van der Waals surface area contributed by atoms with Crippen LogP contribution < -0.4 is 10.6 Å². The molecule has 0 spiro atoms. The number of carbonyl (C=O) groups excluding carboxylic acids is 2. The van der Waals surface area contributed by atoms with Crippen molar-refractivity contribution in [3.8, 4) is 0 Å². The molecule has 0 aliphatic heterocycles. The van der Waals surface area contributed by atoms with Crippen molar-refractivity contribution in [2.75, 3.05) is 26.8 Å². The van der Waals surface area contributed by atoms with E-state index in [0.717, 1.165) is 38.5 Å². The molecule has 0 fully saturated rings. The van der Waals surface area contributed by atoms with Crippen LogP contribution in [0.2, 0.25) is 0 Å². The highest BCUT2D eigenvalue weighted by Gasteiger charge is 2.08. The lowest BCUT2D eigenvalue weighted by atomic mass is 10.1. The van der Waals surface area contributed by atoms with Crippen molar-refractivity contribution < 1.29 is 19.4 Å². The minimum atomic E-state index is -0.596. The first-order valence-corrected chi connectivity index (χ1v) is 10.5. The fourth-order valence-corrected chi connectivity index (χ4v) is 2.50. The van der Waals surface area contributed by atoms with Crippen LogP contribution >= 0.6 is 0 Å². The Bertz CT molecular complexity index is 539. The van der Waals surface area contributed by atoms with E-state index in [1.807, 2.05) is 0 Å². The molecular formula is C23H38N2O4. The molecule has 0 aromatic carbocycles. The summed E-state index contributed by atoms with van der Waals surface area (Å²) < 4.78 is 5.54. The van der Waals surface area contributed by atoms with Crippen LogP contribution in [0.5, 0.6) is 0 Å². The number of hydrogen-bond donors (Lipinski definition) is 3. The van der Waals surface area contributed by atoms with Gasteiger partial charge in [0.25, 0.3) is 0 Å². The van der Waals surface area contributed by atoms with Crippen molar-refractivity contribution in [3.05, 3.63) is 48.8 Å². The second kappa shape index (κ2) is 20.4. The van der Waals surface area contributed by atoms with Gasteiger partial charge in [0, 0.05) is 13.6 Å². The van der Waals surface area contributed by atoms with Gasteiger partial charge in [0.1, 0.15) is 12.4 Å². The maximum Gasteiger partial charge on any atom is 0.309 e. The molecule has 0 heterocycles. The molecule has 0 aliphatic rings. The van der Waals surface area contributed by atoms with Crippen LogP contribution in [0.15, 0.2) is 48.8 Å². The molecule has 0 aliphatic carbocycles. The summed E-state index contributed by atoms with van der Waals surface area (Å²) in [4.78, 5) is 22.2. The van der Waals surface area contributed by atoms with E-state index >= 15 is 0 Å². The van der Waals surface area contributed by atoms with Crippen LogP contribution in [0, 0.1) is 0 Å². The first kappa shape index (κ1) is 26.7. The first-order chi connectivity index (χ1) is 14.2. The fraction of sp³-hybridized carbons (Fsp3) is 0.565. The van der Waals surface area contributed by atoms with Gasteiger partial charge in [0.2, 0.25) is 0 Å². The Morgan fingerprint density at radius 1 is 0.931 bits per heavy atom. The summed E-state index contributed by atoms with van der Waals surface area (Å²) in [6.07, 6.45) is 21.1. The van der Waals surface area contributed by atoms with Gasteiger partial charge in [-0.2, -0.15) is 0 Å². The number of aliphatic hydroxyl groups excluding tert-OH is 1. The second-order valence-corrected chi connectivity index (χ2v) is 6.62. The summed E-state index contributed by atoms with van der Waals surface area (Å²) in [7, 11) is 1.44. The van der Waals surface area contributed by atoms with E-state index in [1.54, 1.807) is 24.3 Å². The fourth-order valence-electron chi connectivity index (χ4n) is 2.50. The number of allylic oxidation sites excluding steroid dienone is 6. The zero-order chi connectivity index (χ0) is 21.6. The number of hydrogen-bond acceptors (Lipinski definition) is 4. The number of amides is 2. The van der Waals surface area contributed by atoms with E-state index in [1.165, 1.54) is 26.3 Å². The van der Waals surface area contributed by atoms with Gasteiger partial charge in [-0.3, -0.25) is 9.59 Å². The Balaban J connectivity index is 3.45. The van der Waals surface area contributed by atoms with Gasteiger partial charge < -0.3 is 20.5 Å². The highest BCUT2D eigenvalue weighted by Crippen LogP contribution is 2.08. The van der Waals surface area contributed by atoms with Gasteiger partial charge >= 0.3 is 11.8 Å². The Hall–Kier alpha value is -2.34. The van der Waals surface area contributed by atoms with Gasteiger partial charge in [0.15, 0.2) is 0 Å². The molecule has 0 saturated carbocycles. The number of likely N-dealkylation sites (N-methyl/N-ethyl adjacent to an activating group) is 1. The number of carbonyl (C=O) groups is 2. The molecule has 6 nitrogen and oxygen atoms in total. The van der Waals surface area contributed by atoms with E-state index in [4.69, 9.17) is 4.74 Å². The predicted octanol–water partition coefficient (Wildman–Crippen LogP) is 3.55. The summed E-state index contributed by atoms with van der Waals surface area (Å²) in [5.74, 6) is -0.580. The summed E-state index contributed by atoms with van der Waals surface area (Å²) >= 11 is 0. The van der Waals surface area contributed by atoms with Crippen LogP contribution in [0.1, 0.15) is 57.8 Å². The maximum absolute atomic E-state index is 11.2. The Morgan fingerprint density at radius 3 is 2.24 bits per heavy atom. The lowest BCUT2D eigenvalue weighted by Gasteiger charge is -2.07. The second-order valence-electron chi connectivity index (χ2n) is 6.62. The minimum absolute atomic E-state index is 0.0849. The summed E-state index contributed by atoms with van der Waals surface area (Å²) in [5.41, 5.74) is 0. The van der Waals surface area contributed by atoms with Crippen molar-refractivity contribution in [3.63, 3.8) is 0 Å². The molecule has 6 heteroatoms. The van der Waals surface area contributed by atoms with Gasteiger partial charge in [-0.15, -0.1) is 0 Å². The monoisotopic (exact) mass is 406 g/mol. The minimum Gasteiger partial charge on any atom is -0.495 e. The van der Waals surface area contributed by atoms with E-state index in [-0.39, 0.29) is 6.61 Å². The molecule has 164 valence electrons. The zero-order valence-electron chi connectivity index (χ0n) is 17.8. The van der Waals surface area contributed by atoms with E-state index in [2.05, 4.69) is 29.4 Å². The zero-order valence-corrected chi connectivity index (χ0v) is 17.8. The predicted molar refractivity (Wildman–Crippen MR) is 118 cm³/mol. The summed E-state index contributed by atoms with van der Waals surface area (Å²) in [5, 5.41) is 14.1. The molecule has 0 aromatic rings. The molecule has 0 aromatic heterocycles. The Labute approximate surface area is 175 Å². The normalized spacial score (nSPS) is 11.7. The highest BCUT2D eigenvalue weighted by molar-refractivity contribution is 6.34. The van der Waals surface area contributed by atoms with Crippen molar-refractivity contribution in [2.24, 2.45) is 0 Å². The molecule has 0 atom stereocenters. The number of rotatable bonds is 17. The molecule has 3 N–H and O–H groups in total. The summed E-state index contributed by atoms with van der Waals surface area (Å²) in [6, 6.07) is 0. The van der Waals surface area contributed by atoms with Crippen molar-refractivity contribution in [1.29, 1.82) is 0 Å². The number of aliphatic hydroxyl groups is 1. The molecule has 0 saturated heterocycles. The SMILES string of the molecule is C=C/C=C\C=C(/CO)OCCCCCCC/C=C\CCCCNC(=O)C(=O)NC. The Kier molecular flexibility index (Phi) is 18.7. The topological polar surface area (TPSA) is 87.7 Å². The smallest absolute Gasteiger partial charge is 0.309 e. The van der Waals surface area contributed by atoms with Crippen LogP contribution in [0.4, 0.5) is 0 Å². The molecule has 0 rings (SSSR count). The van der Waals surface area contributed by atoms with Gasteiger partial charge in [-0.05, 0) is 44.6 Å². The van der Waals surface area contributed by atoms with Crippen molar-refractivity contribution >= 4 is 11.8 Å². The molecule has 2 amide bonds. The highest BCUT2D eigenvalue weighted by atomic mass is 16.5. The molecular weight excluding hydrogens is 368 g/mol. The maximum atomic E-state index is 11.2. The third-order valence-corrected chi connectivity index (χ3v) is 4.17. The largest absolute Gasteiger partial charge is 0.495 e. The van der Waals surface area contributed by atoms with E-state index in [0.29, 0.717) is 18.9 Å². The molecule has 0 bridgehead atoms. The van der Waals surface area contributed by atoms with Crippen LogP contribution in [-0.2, 0) is 14.3 Å². The van der Waals surface area contributed by atoms with Crippen LogP contribution in [-0.4, -0.2) is 43.7 Å². The van der Waals surface area contributed by atoms with Gasteiger partial charge in [-0.1, -0.05) is 56.2 Å². The third kappa shape index (κ3) is 17.5. The molecule has 0 radical (unpaired) electrons. The lowest BCUT2D eigenvalue weighted by Crippen LogP contribution is -2.38. The quantitative estimate of drug-likeness (QED) is 0.113. The number of ether oxygens (including phenoxy) is 1. The average molecular weight is 407 g/mol. The van der Waals surface area contributed by atoms with Crippen molar-refractivity contribution in [1.82, 2.24) is 10.6 Å². The summed E-state index contributed by atoms with van der Waals surface area (Å²) in [6.45, 7) is 4.68.